The van der Waals surface area contributed by atoms with Crippen LogP contribution in [0.4, 0.5) is 5.69 Å². The highest BCUT2D eigenvalue weighted by atomic mass is 16.2. The highest BCUT2D eigenvalue weighted by Crippen LogP contribution is 2.28. The molecule has 0 bridgehead atoms. The summed E-state index contributed by atoms with van der Waals surface area (Å²) in [7, 11) is 0. The maximum atomic E-state index is 12.9. The summed E-state index contributed by atoms with van der Waals surface area (Å²) in [4.78, 5) is 31.0. The summed E-state index contributed by atoms with van der Waals surface area (Å²) in [5.74, 6) is -0.281. The maximum absolute atomic E-state index is 12.9. The van der Waals surface area contributed by atoms with Gasteiger partial charge in [-0.15, -0.1) is 0 Å². The third kappa shape index (κ3) is 2.89. The van der Waals surface area contributed by atoms with E-state index in [1.165, 1.54) is 11.8 Å². The Bertz CT molecular complexity index is 799. The van der Waals surface area contributed by atoms with Crippen LogP contribution in [-0.4, -0.2) is 29.4 Å². The molecule has 0 atom stereocenters. The topological polar surface area (TPSA) is 62.3 Å². The minimum absolute atomic E-state index is 0.131. The van der Waals surface area contributed by atoms with Gasteiger partial charge in [0.1, 0.15) is 5.69 Å². The molecule has 0 spiro atoms. The number of carbonyl (C=O) groups excluding carboxylic acids is 2. The predicted molar refractivity (Wildman–Crippen MR) is 91.2 cm³/mol. The molecule has 0 saturated heterocycles. The van der Waals surface area contributed by atoms with Gasteiger partial charge in [0, 0.05) is 30.0 Å². The summed E-state index contributed by atoms with van der Waals surface area (Å²) in [5.41, 5.74) is 2.93. The second kappa shape index (κ2) is 6.07. The first-order valence-electron chi connectivity index (χ1n) is 8.39. The van der Waals surface area contributed by atoms with Crippen molar-refractivity contribution in [3.05, 3.63) is 59.4 Å². The van der Waals surface area contributed by atoms with Gasteiger partial charge in [0.25, 0.3) is 11.8 Å². The molecule has 2 aliphatic rings. The molecule has 2 heterocycles. The number of benzene rings is 1. The Morgan fingerprint density at radius 3 is 2.83 bits per heavy atom. The van der Waals surface area contributed by atoms with Gasteiger partial charge in [0.2, 0.25) is 0 Å². The molecule has 5 nitrogen and oxygen atoms in total. The summed E-state index contributed by atoms with van der Waals surface area (Å²) >= 11 is 0. The van der Waals surface area contributed by atoms with E-state index in [4.69, 9.17) is 0 Å². The second-order valence-electron chi connectivity index (χ2n) is 6.37. The first kappa shape index (κ1) is 14.9. The minimum atomic E-state index is -0.150. The molecular formula is C19H19N3O2. The molecular weight excluding hydrogens is 302 g/mol. The fourth-order valence-corrected chi connectivity index (χ4v) is 3.07. The van der Waals surface area contributed by atoms with Crippen molar-refractivity contribution in [2.75, 3.05) is 11.4 Å². The van der Waals surface area contributed by atoms with E-state index in [0.717, 1.165) is 31.4 Å². The zero-order valence-corrected chi connectivity index (χ0v) is 13.4. The quantitative estimate of drug-likeness (QED) is 0.945. The van der Waals surface area contributed by atoms with Crippen LogP contribution in [-0.2, 0) is 6.42 Å². The summed E-state index contributed by atoms with van der Waals surface area (Å²) in [5, 5.41) is 2.94. The van der Waals surface area contributed by atoms with Crippen LogP contribution >= 0.6 is 0 Å². The molecule has 1 N–H and O–H groups in total. The standard InChI is InChI=1S/C19H19N3O2/c23-18(21-15-7-8-15)14-9-10-20-16(12-14)19(24)22-11-3-5-13-4-1-2-6-17(13)22/h1-2,4,6,9-10,12,15H,3,5,7-8,11H2,(H,21,23). The number of pyridine rings is 1. The van der Waals surface area contributed by atoms with E-state index >= 15 is 0 Å². The van der Waals surface area contributed by atoms with Crippen molar-refractivity contribution in [2.45, 2.75) is 31.7 Å². The first-order chi connectivity index (χ1) is 11.7. The molecule has 1 aliphatic heterocycles. The minimum Gasteiger partial charge on any atom is -0.349 e. The summed E-state index contributed by atoms with van der Waals surface area (Å²) in [6.07, 6.45) is 5.52. The highest BCUT2D eigenvalue weighted by Gasteiger charge is 2.26. The molecule has 122 valence electrons. The molecule has 1 saturated carbocycles. The van der Waals surface area contributed by atoms with Crippen molar-refractivity contribution in [2.24, 2.45) is 0 Å². The molecule has 2 amide bonds. The van der Waals surface area contributed by atoms with Crippen molar-refractivity contribution in [1.29, 1.82) is 0 Å². The molecule has 0 radical (unpaired) electrons. The third-order valence-corrected chi connectivity index (χ3v) is 4.51. The summed E-state index contributed by atoms with van der Waals surface area (Å²) in [6, 6.07) is 11.5. The van der Waals surface area contributed by atoms with E-state index in [2.05, 4.69) is 16.4 Å². The van der Waals surface area contributed by atoms with Crippen molar-refractivity contribution < 1.29 is 9.59 Å². The number of carbonyl (C=O) groups is 2. The van der Waals surface area contributed by atoms with Crippen LogP contribution in [0.15, 0.2) is 42.6 Å². The Morgan fingerprint density at radius 1 is 1.17 bits per heavy atom. The van der Waals surface area contributed by atoms with E-state index in [0.29, 0.717) is 23.8 Å². The fraction of sp³-hybridized carbons (Fsp3) is 0.316. The highest BCUT2D eigenvalue weighted by molar-refractivity contribution is 6.07. The van der Waals surface area contributed by atoms with Crippen LogP contribution < -0.4 is 10.2 Å². The van der Waals surface area contributed by atoms with Gasteiger partial charge in [-0.1, -0.05) is 18.2 Å². The SMILES string of the molecule is O=C(NC1CC1)c1ccnc(C(=O)N2CCCc3ccccc32)c1. The van der Waals surface area contributed by atoms with Gasteiger partial charge in [0.15, 0.2) is 0 Å². The number of nitrogens with zero attached hydrogens (tertiary/aromatic N) is 2. The van der Waals surface area contributed by atoms with Crippen LogP contribution in [0.1, 0.15) is 45.7 Å². The number of aryl methyl sites for hydroxylation is 1. The summed E-state index contributed by atoms with van der Waals surface area (Å²) < 4.78 is 0. The van der Waals surface area contributed by atoms with Crippen LogP contribution in [0, 0.1) is 0 Å². The average Bonchev–Trinajstić information content (AvgIpc) is 3.44. The van der Waals surface area contributed by atoms with Crippen molar-refractivity contribution in [1.82, 2.24) is 10.3 Å². The average molecular weight is 321 g/mol. The van der Waals surface area contributed by atoms with Gasteiger partial charge < -0.3 is 10.2 Å². The molecule has 1 aliphatic carbocycles. The van der Waals surface area contributed by atoms with E-state index < -0.39 is 0 Å². The molecule has 4 rings (SSSR count). The Kier molecular flexibility index (Phi) is 3.76. The number of aromatic nitrogens is 1. The zero-order chi connectivity index (χ0) is 16.5. The Morgan fingerprint density at radius 2 is 2.00 bits per heavy atom. The lowest BCUT2D eigenvalue weighted by Crippen LogP contribution is -2.36. The molecule has 24 heavy (non-hydrogen) atoms. The van der Waals surface area contributed by atoms with E-state index in [-0.39, 0.29) is 11.8 Å². The van der Waals surface area contributed by atoms with Crippen LogP contribution in [0.3, 0.4) is 0 Å². The summed E-state index contributed by atoms with van der Waals surface area (Å²) in [6.45, 7) is 0.677. The Labute approximate surface area is 140 Å². The lowest BCUT2D eigenvalue weighted by Gasteiger charge is -2.29. The number of rotatable bonds is 3. The Hall–Kier alpha value is -2.69. The Balaban J connectivity index is 1.60. The van der Waals surface area contributed by atoms with Crippen LogP contribution in [0.25, 0.3) is 0 Å². The van der Waals surface area contributed by atoms with Gasteiger partial charge in [-0.25, -0.2) is 0 Å². The zero-order valence-electron chi connectivity index (χ0n) is 13.4. The van der Waals surface area contributed by atoms with Crippen molar-refractivity contribution in [3.8, 4) is 0 Å². The van der Waals surface area contributed by atoms with E-state index in [1.807, 2.05) is 18.2 Å². The number of hydrogen-bond acceptors (Lipinski definition) is 3. The molecule has 1 aromatic heterocycles. The third-order valence-electron chi connectivity index (χ3n) is 4.51. The molecule has 1 fully saturated rings. The first-order valence-corrected chi connectivity index (χ1v) is 8.39. The number of para-hydroxylation sites is 1. The van der Waals surface area contributed by atoms with Gasteiger partial charge >= 0.3 is 0 Å². The normalized spacial score (nSPS) is 16.4. The molecule has 2 aromatic rings. The van der Waals surface area contributed by atoms with Crippen molar-refractivity contribution >= 4 is 17.5 Å². The smallest absolute Gasteiger partial charge is 0.276 e. The van der Waals surface area contributed by atoms with Crippen LogP contribution in [0.2, 0.25) is 0 Å². The monoisotopic (exact) mass is 321 g/mol. The number of nitrogens with one attached hydrogen (secondary N) is 1. The molecule has 0 unspecified atom stereocenters. The van der Waals surface area contributed by atoms with Gasteiger partial charge in [-0.05, 0) is 49.4 Å². The van der Waals surface area contributed by atoms with Crippen molar-refractivity contribution in [3.63, 3.8) is 0 Å². The number of anilines is 1. The lowest BCUT2D eigenvalue weighted by atomic mass is 10.0. The lowest BCUT2D eigenvalue weighted by molar-refractivity contribution is 0.0951. The maximum Gasteiger partial charge on any atom is 0.276 e. The van der Waals surface area contributed by atoms with Crippen LogP contribution in [0.5, 0.6) is 0 Å². The number of amides is 2. The van der Waals surface area contributed by atoms with E-state index in [9.17, 15) is 9.59 Å². The second-order valence-corrected chi connectivity index (χ2v) is 6.37. The largest absolute Gasteiger partial charge is 0.349 e. The van der Waals surface area contributed by atoms with Gasteiger partial charge in [-0.2, -0.15) is 0 Å². The van der Waals surface area contributed by atoms with E-state index in [1.54, 1.807) is 17.0 Å². The number of hydrogen-bond donors (Lipinski definition) is 1. The van der Waals surface area contributed by atoms with Gasteiger partial charge in [-0.3, -0.25) is 14.6 Å². The molecule has 1 aromatic carbocycles. The predicted octanol–water partition coefficient (Wildman–Crippen LogP) is 2.57. The molecule has 5 heteroatoms. The number of fused-ring (bicyclic) bond motifs is 1. The fourth-order valence-electron chi connectivity index (χ4n) is 3.07. The van der Waals surface area contributed by atoms with Gasteiger partial charge in [0.05, 0.1) is 0 Å².